The number of likely N-dealkylation sites (tertiary alicyclic amines) is 1. The Bertz CT molecular complexity index is 1370. The maximum atomic E-state index is 14.0. The van der Waals surface area contributed by atoms with Crippen molar-refractivity contribution in [2.24, 2.45) is 0 Å². The van der Waals surface area contributed by atoms with Crippen molar-refractivity contribution in [1.29, 1.82) is 0 Å². The summed E-state index contributed by atoms with van der Waals surface area (Å²) in [6, 6.07) is 24.1. The van der Waals surface area contributed by atoms with E-state index in [1.54, 1.807) is 48.4 Å². The molecule has 0 aromatic heterocycles. The molecular weight excluding hydrogens is 532 g/mol. The normalized spacial score (nSPS) is 16.0. The quantitative estimate of drug-likeness (QED) is 0.353. The second kappa shape index (κ2) is 13.0. The minimum Gasteiger partial charge on any atom is -0.497 e. The lowest BCUT2D eigenvalue weighted by Gasteiger charge is -2.43. The van der Waals surface area contributed by atoms with Gasteiger partial charge in [-0.3, -0.25) is 14.4 Å². The summed E-state index contributed by atoms with van der Waals surface area (Å²) in [5.74, 6) is 1.04. The van der Waals surface area contributed by atoms with Crippen LogP contribution in [0.4, 0.5) is 11.4 Å². The molecule has 220 valence electrons. The zero-order valence-electron chi connectivity index (χ0n) is 24.3. The highest BCUT2D eigenvalue weighted by Gasteiger charge is 2.54. The van der Waals surface area contributed by atoms with Crippen molar-refractivity contribution in [1.82, 2.24) is 9.80 Å². The van der Waals surface area contributed by atoms with Crippen LogP contribution in [-0.2, 0) is 9.59 Å². The molecule has 2 aliphatic rings. The molecule has 1 spiro atoms. The van der Waals surface area contributed by atoms with Crippen LogP contribution in [0, 0.1) is 0 Å². The molecule has 9 heteroatoms. The number of carbonyl (C=O) groups excluding carboxylic acids is 3. The van der Waals surface area contributed by atoms with E-state index in [2.05, 4.69) is 17.1 Å². The number of hydrogen-bond acceptors (Lipinski definition) is 6. The molecule has 0 unspecified atom stereocenters. The van der Waals surface area contributed by atoms with E-state index in [4.69, 9.17) is 9.47 Å². The van der Waals surface area contributed by atoms with Crippen LogP contribution in [-0.4, -0.2) is 73.1 Å². The number of benzene rings is 3. The standard InChI is InChI=1S/C33H38N4O5/c1-3-4-22-42-29-14-10-25(11-15-29)31(39)35-20-18-33(19-21-35)32(40)36(24-37(33)27-8-6-5-7-9-27)23-30(38)34-26-12-16-28(41-2)17-13-26/h5-17H,3-4,18-24H2,1-2H3,(H,34,38). The number of piperidine rings is 1. The maximum Gasteiger partial charge on any atom is 0.253 e. The molecule has 0 radical (unpaired) electrons. The van der Waals surface area contributed by atoms with Crippen LogP contribution in [0.15, 0.2) is 78.9 Å². The third-order valence-corrected chi connectivity index (χ3v) is 8.04. The molecule has 0 saturated carbocycles. The number of methoxy groups -OCH3 is 1. The number of hydrogen-bond donors (Lipinski definition) is 1. The van der Waals surface area contributed by atoms with E-state index in [9.17, 15) is 14.4 Å². The fourth-order valence-electron chi connectivity index (χ4n) is 5.66. The van der Waals surface area contributed by atoms with Crippen molar-refractivity contribution in [2.75, 3.05) is 50.2 Å². The minimum atomic E-state index is -0.824. The topological polar surface area (TPSA) is 91.4 Å². The third kappa shape index (κ3) is 6.20. The molecular formula is C33H38N4O5. The maximum absolute atomic E-state index is 14.0. The van der Waals surface area contributed by atoms with Gasteiger partial charge in [0.25, 0.3) is 11.8 Å². The number of ether oxygens (including phenoxy) is 2. The Morgan fingerprint density at radius 2 is 1.57 bits per heavy atom. The second-order valence-corrected chi connectivity index (χ2v) is 10.7. The van der Waals surface area contributed by atoms with Gasteiger partial charge >= 0.3 is 0 Å². The Balaban J connectivity index is 1.27. The lowest BCUT2D eigenvalue weighted by atomic mass is 9.85. The molecule has 2 heterocycles. The molecule has 2 fully saturated rings. The van der Waals surface area contributed by atoms with Crippen molar-refractivity contribution in [3.8, 4) is 11.5 Å². The summed E-state index contributed by atoms with van der Waals surface area (Å²) in [7, 11) is 1.59. The summed E-state index contributed by atoms with van der Waals surface area (Å²) >= 11 is 0. The number of unbranched alkanes of at least 4 members (excludes halogenated alkanes) is 1. The van der Waals surface area contributed by atoms with E-state index in [1.165, 1.54) is 0 Å². The third-order valence-electron chi connectivity index (χ3n) is 8.04. The van der Waals surface area contributed by atoms with Gasteiger partial charge in [-0.25, -0.2) is 0 Å². The van der Waals surface area contributed by atoms with Gasteiger partial charge in [-0.2, -0.15) is 0 Å². The summed E-state index contributed by atoms with van der Waals surface area (Å²) in [5, 5.41) is 2.88. The second-order valence-electron chi connectivity index (χ2n) is 10.7. The van der Waals surface area contributed by atoms with Crippen LogP contribution in [0.1, 0.15) is 43.0 Å². The van der Waals surface area contributed by atoms with E-state index in [-0.39, 0.29) is 24.3 Å². The van der Waals surface area contributed by atoms with Crippen LogP contribution < -0.4 is 19.7 Å². The van der Waals surface area contributed by atoms with E-state index >= 15 is 0 Å². The highest BCUT2D eigenvalue weighted by molar-refractivity contribution is 6.00. The van der Waals surface area contributed by atoms with Crippen molar-refractivity contribution in [3.63, 3.8) is 0 Å². The summed E-state index contributed by atoms with van der Waals surface area (Å²) < 4.78 is 10.9. The van der Waals surface area contributed by atoms with Gasteiger partial charge in [-0.15, -0.1) is 0 Å². The number of nitrogens with one attached hydrogen (secondary N) is 1. The Labute approximate surface area is 247 Å². The number of carbonyl (C=O) groups is 3. The fraction of sp³-hybridized carbons (Fsp3) is 0.364. The number of anilines is 2. The Morgan fingerprint density at radius 3 is 2.21 bits per heavy atom. The van der Waals surface area contributed by atoms with Gasteiger partial charge in [0.15, 0.2) is 0 Å². The molecule has 42 heavy (non-hydrogen) atoms. The van der Waals surface area contributed by atoms with Gasteiger partial charge in [0, 0.05) is 30.0 Å². The highest BCUT2D eigenvalue weighted by atomic mass is 16.5. The first kappa shape index (κ1) is 29.0. The largest absolute Gasteiger partial charge is 0.497 e. The van der Waals surface area contributed by atoms with Gasteiger partial charge in [0.2, 0.25) is 5.91 Å². The molecule has 5 rings (SSSR count). The average molecular weight is 571 g/mol. The molecule has 3 amide bonds. The number of para-hydroxylation sites is 1. The van der Waals surface area contributed by atoms with Crippen LogP contribution >= 0.6 is 0 Å². The van der Waals surface area contributed by atoms with Gasteiger partial charge in [0.1, 0.15) is 23.6 Å². The van der Waals surface area contributed by atoms with Crippen LogP contribution in [0.2, 0.25) is 0 Å². The zero-order valence-corrected chi connectivity index (χ0v) is 24.3. The summed E-state index contributed by atoms with van der Waals surface area (Å²) in [6.45, 7) is 3.88. The fourth-order valence-corrected chi connectivity index (χ4v) is 5.66. The number of amides is 3. The van der Waals surface area contributed by atoms with Crippen LogP contribution in [0.5, 0.6) is 11.5 Å². The van der Waals surface area contributed by atoms with E-state index in [1.807, 2.05) is 47.4 Å². The Morgan fingerprint density at radius 1 is 0.905 bits per heavy atom. The van der Waals surface area contributed by atoms with Gasteiger partial charge < -0.3 is 29.5 Å². The highest BCUT2D eigenvalue weighted by Crippen LogP contribution is 2.39. The van der Waals surface area contributed by atoms with E-state index < -0.39 is 5.54 Å². The molecule has 3 aromatic carbocycles. The first-order valence-electron chi connectivity index (χ1n) is 14.5. The lowest BCUT2D eigenvalue weighted by Crippen LogP contribution is -2.57. The zero-order chi connectivity index (χ0) is 29.5. The first-order chi connectivity index (χ1) is 20.4. The molecule has 2 aliphatic heterocycles. The van der Waals surface area contributed by atoms with Gasteiger partial charge in [0.05, 0.1) is 20.4 Å². The Hall–Kier alpha value is -4.53. The van der Waals surface area contributed by atoms with Crippen molar-refractivity contribution in [3.05, 3.63) is 84.4 Å². The monoisotopic (exact) mass is 570 g/mol. The molecule has 0 atom stereocenters. The number of nitrogens with zero attached hydrogens (tertiary/aromatic N) is 3. The SMILES string of the molecule is CCCCOc1ccc(C(=O)N2CCC3(CC2)C(=O)N(CC(=O)Nc2ccc(OC)cc2)CN3c2ccccc2)cc1. The molecule has 0 aliphatic carbocycles. The lowest BCUT2D eigenvalue weighted by molar-refractivity contribution is -0.136. The smallest absolute Gasteiger partial charge is 0.253 e. The first-order valence-corrected chi connectivity index (χ1v) is 14.5. The average Bonchev–Trinajstić information content (AvgIpc) is 3.28. The molecule has 2 saturated heterocycles. The minimum absolute atomic E-state index is 0.0580. The molecule has 0 bridgehead atoms. The van der Waals surface area contributed by atoms with Crippen molar-refractivity contribution in [2.45, 2.75) is 38.1 Å². The van der Waals surface area contributed by atoms with E-state index in [0.717, 1.165) is 24.3 Å². The van der Waals surface area contributed by atoms with Crippen molar-refractivity contribution < 1.29 is 23.9 Å². The van der Waals surface area contributed by atoms with Crippen molar-refractivity contribution >= 4 is 29.1 Å². The summed E-state index contributed by atoms with van der Waals surface area (Å²) in [6.07, 6.45) is 2.99. The predicted octanol–water partition coefficient (Wildman–Crippen LogP) is 4.79. The number of rotatable bonds is 10. The molecule has 3 aromatic rings. The summed E-state index contributed by atoms with van der Waals surface area (Å²) in [5.41, 5.74) is 1.33. The molecule has 9 nitrogen and oxygen atoms in total. The Kier molecular flexibility index (Phi) is 8.95. The molecule has 1 N–H and O–H groups in total. The van der Waals surface area contributed by atoms with Gasteiger partial charge in [-0.1, -0.05) is 31.5 Å². The van der Waals surface area contributed by atoms with Crippen LogP contribution in [0.3, 0.4) is 0 Å². The van der Waals surface area contributed by atoms with Crippen LogP contribution in [0.25, 0.3) is 0 Å². The summed E-state index contributed by atoms with van der Waals surface area (Å²) in [4.78, 5) is 45.8. The van der Waals surface area contributed by atoms with Gasteiger partial charge in [-0.05, 0) is 79.9 Å². The predicted molar refractivity (Wildman–Crippen MR) is 162 cm³/mol. The van der Waals surface area contributed by atoms with E-state index in [0.29, 0.717) is 56.2 Å².